The minimum atomic E-state index is -0.0953. The molecule has 2 fully saturated rings. The number of hydrogen-bond donors (Lipinski definition) is 0. The summed E-state index contributed by atoms with van der Waals surface area (Å²) in [7, 11) is 0. The van der Waals surface area contributed by atoms with Gasteiger partial charge in [-0.1, -0.05) is 32.3 Å². The van der Waals surface area contributed by atoms with Crippen LogP contribution >= 0.6 is 0 Å². The number of carbonyl (C=O) groups excluding carboxylic acids is 1. The molecule has 1 aromatic rings. The van der Waals surface area contributed by atoms with Gasteiger partial charge in [-0.2, -0.15) is 0 Å². The van der Waals surface area contributed by atoms with Crippen molar-refractivity contribution in [3.8, 4) is 0 Å². The average Bonchev–Trinajstić information content (AvgIpc) is 3.61. The van der Waals surface area contributed by atoms with Crippen LogP contribution in [0.1, 0.15) is 112 Å². The number of benzene rings is 1. The molecule has 162 valence electrons. The molecule has 1 aromatic carbocycles. The summed E-state index contributed by atoms with van der Waals surface area (Å²) in [6.45, 7) is 10.0. The zero-order chi connectivity index (χ0) is 20.9. The fourth-order valence-corrected chi connectivity index (χ4v) is 4.97. The Balaban J connectivity index is 1.41. The highest BCUT2D eigenvalue weighted by atomic mass is 16.5. The molecule has 0 heterocycles. The summed E-state index contributed by atoms with van der Waals surface area (Å²) in [4.78, 5) is 10.6. The lowest BCUT2D eigenvalue weighted by atomic mass is 9.88. The van der Waals surface area contributed by atoms with Gasteiger partial charge in [0, 0.05) is 0 Å². The Bertz CT molecular complexity index is 695. The molecule has 2 saturated carbocycles. The van der Waals surface area contributed by atoms with Gasteiger partial charge >= 0.3 is 0 Å². The second kappa shape index (κ2) is 9.67. The summed E-state index contributed by atoms with van der Waals surface area (Å²) in [5, 5.41) is 0. The van der Waals surface area contributed by atoms with Crippen molar-refractivity contribution in [3.63, 3.8) is 0 Å². The number of ether oxygens (including phenoxy) is 1. The molecule has 2 aliphatic carbocycles. The van der Waals surface area contributed by atoms with Gasteiger partial charge in [0.05, 0.1) is 0 Å². The third-order valence-electron chi connectivity index (χ3n) is 7.86. The van der Waals surface area contributed by atoms with Crippen molar-refractivity contribution >= 4 is 6.47 Å². The van der Waals surface area contributed by atoms with Gasteiger partial charge < -0.3 is 4.74 Å². The number of hydrogen-bond acceptors (Lipinski definition) is 2. The minimum Gasteiger partial charge on any atom is -0.461 e. The van der Waals surface area contributed by atoms with E-state index in [1.807, 2.05) is 0 Å². The lowest BCUT2D eigenvalue weighted by molar-refractivity contribution is -0.135. The van der Waals surface area contributed by atoms with Crippen LogP contribution in [-0.4, -0.2) is 12.1 Å². The first kappa shape index (κ1) is 22.4. The molecule has 0 aliphatic heterocycles. The number of rotatable bonds is 14. The molecule has 29 heavy (non-hydrogen) atoms. The van der Waals surface area contributed by atoms with E-state index >= 15 is 0 Å². The van der Waals surface area contributed by atoms with Crippen molar-refractivity contribution in [2.24, 2.45) is 5.41 Å². The van der Waals surface area contributed by atoms with Crippen molar-refractivity contribution in [3.05, 3.63) is 33.9 Å². The molecule has 0 unspecified atom stereocenters. The monoisotopic (exact) mass is 398 g/mol. The Morgan fingerprint density at radius 3 is 2.17 bits per heavy atom. The maximum atomic E-state index is 10.6. The Hall–Kier alpha value is -1.31. The molecular formula is C27H42O2. The first-order chi connectivity index (χ1) is 13.9. The van der Waals surface area contributed by atoms with Crippen molar-refractivity contribution in [2.45, 2.75) is 123 Å². The SMILES string of the molecule is Cc1cc(CCCCCCC2(C)CC2)c(C)c(C)c1CCCCC1(OC=O)CC1. The van der Waals surface area contributed by atoms with Crippen LogP contribution in [0, 0.1) is 26.2 Å². The van der Waals surface area contributed by atoms with Gasteiger partial charge in [-0.05, 0) is 125 Å². The van der Waals surface area contributed by atoms with Crippen LogP contribution in [0.15, 0.2) is 6.07 Å². The minimum absolute atomic E-state index is 0.0953. The van der Waals surface area contributed by atoms with Crippen LogP contribution in [0.2, 0.25) is 0 Å². The maximum Gasteiger partial charge on any atom is 0.293 e. The van der Waals surface area contributed by atoms with Crippen molar-refractivity contribution in [1.29, 1.82) is 0 Å². The fraction of sp³-hybridized carbons (Fsp3) is 0.741. The number of unbranched alkanes of at least 4 members (excludes halogenated alkanes) is 4. The van der Waals surface area contributed by atoms with Gasteiger partial charge in [0.25, 0.3) is 6.47 Å². The predicted molar refractivity (Wildman–Crippen MR) is 121 cm³/mol. The zero-order valence-electron chi connectivity index (χ0n) is 19.4. The average molecular weight is 399 g/mol. The second-order valence-corrected chi connectivity index (χ2v) is 10.4. The van der Waals surface area contributed by atoms with E-state index in [0.717, 1.165) is 37.5 Å². The molecule has 2 nitrogen and oxygen atoms in total. The van der Waals surface area contributed by atoms with Gasteiger partial charge in [-0.3, -0.25) is 4.79 Å². The van der Waals surface area contributed by atoms with Gasteiger partial charge in [-0.15, -0.1) is 0 Å². The Kier molecular flexibility index (Phi) is 7.46. The van der Waals surface area contributed by atoms with E-state index in [2.05, 4.69) is 33.8 Å². The highest BCUT2D eigenvalue weighted by Crippen LogP contribution is 2.49. The van der Waals surface area contributed by atoms with Gasteiger partial charge in [0.1, 0.15) is 5.60 Å². The van der Waals surface area contributed by atoms with E-state index in [9.17, 15) is 4.79 Å². The van der Waals surface area contributed by atoms with Gasteiger partial charge in [0.15, 0.2) is 0 Å². The van der Waals surface area contributed by atoms with E-state index < -0.39 is 0 Å². The van der Waals surface area contributed by atoms with Crippen LogP contribution in [0.25, 0.3) is 0 Å². The van der Waals surface area contributed by atoms with Gasteiger partial charge in [0.2, 0.25) is 0 Å². The normalized spacial score (nSPS) is 18.5. The standard InChI is InChI=1S/C27H42O2/c1-21-19-24(11-7-5-6-9-13-26(4)15-16-26)22(2)23(3)25(21)12-8-10-14-27(17-18-27)29-20-28/h19-20H,5-18H2,1-4H3. The first-order valence-corrected chi connectivity index (χ1v) is 12.1. The van der Waals surface area contributed by atoms with Crippen molar-refractivity contribution in [2.75, 3.05) is 0 Å². The van der Waals surface area contributed by atoms with Crippen LogP contribution in [-0.2, 0) is 22.4 Å². The van der Waals surface area contributed by atoms with Crippen molar-refractivity contribution in [1.82, 2.24) is 0 Å². The third kappa shape index (κ3) is 6.33. The van der Waals surface area contributed by atoms with Crippen molar-refractivity contribution < 1.29 is 9.53 Å². The number of carbonyl (C=O) groups is 1. The van der Waals surface area contributed by atoms with Crippen LogP contribution in [0.3, 0.4) is 0 Å². The summed E-state index contributed by atoms with van der Waals surface area (Å²) in [6.07, 6.45) is 17.7. The molecule has 2 aliphatic rings. The molecule has 0 N–H and O–H groups in total. The molecule has 2 heteroatoms. The quantitative estimate of drug-likeness (QED) is 0.242. The summed E-state index contributed by atoms with van der Waals surface area (Å²) in [5.74, 6) is 0. The molecule has 0 atom stereocenters. The Labute approximate surface area is 178 Å². The van der Waals surface area contributed by atoms with E-state index in [1.165, 1.54) is 74.5 Å². The molecule has 0 saturated heterocycles. The molecular weight excluding hydrogens is 356 g/mol. The molecule has 0 aromatic heterocycles. The van der Waals surface area contributed by atoms with Crippen LogP contribution in [0.4, 0.5) is 0 Å². The summed E-state index contributed by atoms with van der Waals surface area (Å²) in [5.41, 5.74) is 8.23. The first-order valence-electron chi connectivity index (χ1n) is 12.1. The third-order valence-corrected chi connectivity index (χ3v) is 7.86. The van der Waals surface area contributed by atoms with Crippen LogP contribution in [0.5, 0.6) is 0 Å². The van der Waals surface area contributed by atoms with E-state index in [0.29, 0.717) is 6.47 Å². The fourth-order valence-electron chi connectivity index (χ4n) is 4.97. The van der Waals surface area contributed by atoms with E-state index in [1.54, 1.807) is 11.1 Å². The summed E-state index contributed by atoms with van der Waals surface area (Å²) >= 11 is 0. The zero-order valence-corrected chi connectivity index (χ0v) is 19.4. The second-order valence-electron chi connectivity index (χ2n) is 10.4. The van der Waals surface area contributed by atoms with Gasteiger partial charge in [-0.25, -0.2) is 0 Å². The highest BCUT2D eigenvalue weighted by Gasteiger charge is 2.44. The molecule has 0 radical (unpaired) electrons. The molecule has 0 spiro atoms. The lowest BCUT2D eigenvalue weighted by Crippen LogP contribution is -2.12. The topological polar surface area (TPSA) is 26.3 Å². The summed E-state index contributed by atoms with van der Waals surface area (Å²) < 4.78 is 5.28. The Morgan fingerprint density at radius 2 is 1.52 bits per heavy atom. The maximum absolute atomic E-state index is 10.6. The van der Waals surface area contributed by atoms with Crippen LogP contribution < -0.4 is 0 Å². The smallest absolute Gasteiger partial charge is 0.293 e. The highest BCUT2D eigenvalue weighted by molar-refractivity contribution is 5.44. The molecule has 3 rings (SSSR count). The largest absolute Gasteiger partial charge is 0.461 e. The number of aryl methyl sites for hydroxylation is 2. The molecule has 0 bridgehead atoms. The summed E-state index contributed by atoms with van der Waals surface area (Å²) in [6, 6.07) is 2.46. The molecule has 0 amide bonds. The predicted octanol–water partition coefficient (Wildman–Crippen LogP) is 7.32. The lowest BCUT2D eigenvalue weighted by Gasteiger charge is -2.18. The van der Waals surface area contributed by atoms with E-state index in [4.69, 9.17) is 4.74 Å². The van der Waals surface area contributed by atoms with E-state index in [-0.39, 0.29) is 5.60 Å². The Morgan fingerprint density at radius 1 is 0.862 bits per heavy atom.